The predicted molar refractivity (Wildman–Crippen MR) is 130 cm³/mol. The second kappa shape index (κ2) is 11.2. The van der Waals surface area contributed by atoms with Gasteiger partial charge in [-0.05, 0) is 37.3 Å². The number of anilines is 1. The van der Waals surface area contributed by atoms with Crippen molar-refractivity contribution in [2.45, 2.75) is 77.7 Å². The fourth-order valence-corrected chi connectivity index (χ4v) is 5.61. The highest BCUT2D eigenvalue weighted by molar-refractivity contribution is 5.92. The fourth-order valence-electron chi connectivity index (χ4n) is 5.61. The van der Waals surface area contributed by atoms with Gasteiger partial charge in [0.1, 0.15) is 0 Å². The highest BCUT2D eigenvalue weighted by Crippen LogP contribution is 2.31. The second-order valence-electron chi connectivity index (χ2n) is 10.1. The van der Waals surface area contributed by atoms with Crippen LogP contribution in [0.5, 0.6) is 0 Å². The van der Waals surface area contributed by atoms with Crippen molar-refractivity contribution in [1.82, 2.24) is 9.80 Å². The van der Waals surface area contributed by atoms with Crippen LogP contribution < -0.4 is 4.90 Å². The fraction of sp³-hybridized carbons (Fsp3) is 0.667. The molecule has 4 rings (SSSR count). The van der Waals surface area contributed by atoms with Gasteiger partial charge >= 0.3 is 0 Å². The molecule has 33 heavy (non-hydrogen) atoms. The van der Waals surface area contributed by atoms with Crippen LogP contribution in [0.4, 0.5) is 5.69 Å². The number of hydrogen-bond acceptors (Lipinski definition) is 3. The van der Waals surface area contributed by atoms with Gasteiger partial charge < -0.3 is 14.7 Å². The molecule has 0 atom stereocenters. The van der Waals surface area contributed by atoms with E-state index < -0.39 is 0 Å². The zero-order valence-corrected chi connectivity index (χ0v) is 20.1. The third-order valence-electron chi connectivity index (χ3n) is 7.64. The average Bonchev–Trinajstić information content (AvgIpc) is 3.31. The number of benzene rings is 1. The molecule has 0 aromatic heterocycles. The van der Waals surface area contributed by atoms with Gasteiger partial charge in [0.15, 0.2) is 0 Å². The molecule has 0 N–H and O–H groups in total. The summed E-state index contributed by atoms with van der Waals surface area (Å²) in [4.78, 5) is 44.4. The van der Waals surface area contributed by atoms with E-state index in [1.807, 2.05) is 39.0 Å². The molecule has 0 bridgehead atoms. The van der Waals surface area contributed by atoms with Crippen molar-refractivity contribution in [3.8, 4) is 0 Å². The van der Waals surface area contributed by atoms with Gasteiger partial charge in [-0.1, -0.05) is 56.7 Å². The Morgan fingerprint density at radius 2 is 1.33 bits per heavy atom. The molecular weight excluding hydrogens is 414 g/mol. The molecule has 3 amide bonds. The van der Waals surface area contributed by atoms with Crippen LogP contribution in [0.15, 0.2) is 24.3 Å². The lowest BCUT2D eigenvalue weighted by atomic mass is 9.94. The van der Waals surface area contributed by atoms with Gasteiger partial charge in [-0.15, -0.1) is 0 Å². The zero-order chi connectivity index (χ0) is 23.2. The van der Waals surface area contributed by atoms with Gasteiger partial charge in [0.2, 0.25) is 17.7 Å². The first-order valence-corrected chi connectivity index (χ1v) is 13.0. The van der Waals surface area contributed by atoms with Gasteiger partial charge in [0.25, 0.3) is 0 Å². The van der Waals surface area contributed by atoms with E-state index in [4.69, 9.17) is 0 Å². The molecule has 2 aliphatic heterocycles. The summed E-state index contributed by atoms with van der Waals surface area (Å²) in [7, 11) is 0. The summed E-state index contributed by atoms with van der Waals surface area (Å²) in [5.74, 6) is 0.543. The van der Waals surface area contributed by atoms with Gasteiger partial charge in [-0.2, -0.15) is 0 Å². The minimum atomic E-state index is -0.0953. The Kier molecular flexibility index (Phi) is 8.05. The van der Waals surface area contributed by atoms with E-state index in [1.165, 1.54) is 12.8 Å². The minimum Gasteiger partial charge on any atom is -0.341 e. The Morgan fingerprint density at radius 1 is 0.727 bits per heavy atom. The van der Waals surface area contributed by atoms with Gasteiger partial charge in [-0.25, -0.2) is 0 Å². The number of likely N-dealkylation sites (tertiary alicyclic amines) is 1. The van der Waals surface area contributed by atoms with Crippen LogP contribution in [-0.4, -0.2) is 53.7 Å². The summed E-state index contributed by atoms with van der Waals surface area (Å²) in [5.41, 5.74) is 1.95. The molecule has 2 fully saturated rings. The van der Waals surface area contributed by atoms with Crippen molar-refractivity contribution in [3.05, 3.63) is 29.8 Å². The van der Waals surface area contributed by atoms with Gasteiger partial charge in [0.05, 0.1) is 5.92 Å². The number of fused-ring (bicyclic) bond motifs is 1. The van der Waals surface area contributed by atoms with Crippen molar-refractivity contribution < 1.29 is 14.4 Å². The molecule has 3 aliphatic rings. The molecule has 6 nitrogen and oxygen atoms in total. The van der Waals surface area contributed by atoms with Crippen LogP contribution in [0, 0.1) is 11.8 Å². The highest BCUT2D eigenvalue weighted by atomic mass is 16.2. The Bertz CT molecular complexity index is 843. The van der Waals surface area contributed by atoms with Gasteiger partial charge in [-0.3, -0.25) is 14.4 Å². The average molecular weight is 454 g/mol. The smallest absolute Gasteiger partial charge is 0.229 e. The summed E-state index contributed by atoms with van der Waals surface area (Å²) in [6.45, 7) is 4.73. The second-order valence-corrected chi connectivity index (χ2v) is 10.1. The number of rotatable bonds is 2. The molecule has 1 saturated carbocycles. The first kappa shape index (κ1) is 23.8. The van der Waals surface area contributed by atoms with Crippen molar-refractivity contribution in [1.29, 1.82) is 0 Å². The van der Waals surface area contributed by atoms with E-state index in [-0.39, 0.29) is 29.6 Å². The summed E-state index contributed by atoms with van der Waals surface area (Å²) in [5, 5.41) is 0. The number of nitrogens with zero attached hydrogens (tertiary/aromatic N) is 3. The molecule has 0 spiro atoms. The zero-order valence-electron chi connectivity index (χ0n) is 20.1. The Balaban J connectivity index is 1.47. The first-order valence-electron chi connectivity index (χ1n) is 13.0. The third kappa shape index (κ3) is 5.77. The van der Waals surface area contributed by atoms with Crippen LogP contribution in [0.1, 0.15) is 76.7 Å². The normalized spacial score (nSPS) is 21.4. The third-order valence-corrected chi connectivity index (χ3v) is 7.64. The topological polar surface area (TPSA) is 60.9 Å². The molecule has 6 heteroatoms. The number of carbonyl (C=O) groups excluding carboxylic acids is 3. The van der Waals surface area contributed by atoms with Crippen LogP contribution in [0.3, 0.4) is 0 Å². The maximum Gasteiger partial charge on any atom is 0.229 e. The van der Waals surface area contributed by atoms with E-state index in [0.29, 0.717) is 19.6 Å². The molecule has 1 aromatic carbocycles. The Hall–Kier alpha value is -2.37. The quantitative estimate of drug-likeness (QED) is 0.668. The number of amides is 3. The lowest BCUT2D eigenvalue weighted by Crippen LogP contribution is -2.57. The molecular formula is C27H39N3O3. The van der Waals surface area contributed by atoms with Gasteiger partial charge in [0, 0.05) is 51.3 Å². The Morgan fingerprint density at radius 3 is 2.03 bits per heavy atom. The maximum atomic E-state index is 13.5. The van der Waals surface area contributed by atoms with Crippen molar-refractivity contribution in [2.24, 2.45) is 11.8 Å². The summed E-state index contributed by atoms with van der Waals surface area (Å²) in [6.07, 6.45) is 10.9. The molecule has 2 heterocycles. The van der Waals surface area contributed by atoms with Crippen LogP contribution in [0.25, 0.3) is 0 Å². The highest BCUT2D eigenvalue weighted by Gasteiger charge is 2.40. The minimum absolute atomic E-state index is 0.0512. The Labute approximate surface area is 198 Å². The molecule has 1 saturated heterocycles. The van der Waals surface area contributed by atoms with E-state index in [2.05, 4.69) is 0 Å². The van der Waals surface area contributed by atoms with Crippen LogP contribution >= 0.6 is 0 Å². The van der Waals surface area contributed by atoms with E-state index in [9.17, 15) is 14.4 Å². The van der Waals surface area contributed by atoms with Crippen LogP contribution in [0.2, 0.25) is 0 Å². The lowest BCUT2D eigenvalue weighted by Gasteiger charge is -2.42. The molecule has 0 radical (unpaired) electrons. The largest absolute Gasteiger partial charge is 0.341 e. The van der Waals surface area contributed by atoms with Crippen LogP contribution in [-0.2, 0) is 20.9 Å². The number of carbonyl (C=O) groups is 3. The predicted octanol–water partition coefficient (Wildman–Crippen LogP) is 4.37. The maximum absolute atomic E-state index is 13.5. The van der Waals surface area contributed by atoms with Crippen molar-refractivity contribution >= 4 is 23.4 Å². The molecule has 1 aliphatic carbocycles. The summed E-state index contributed by atoms with van der Waals surface area (Å²) >= 11 is 0. The van der Waals surface area contributed by atoms with E-state index in [1.54, 1.807) is 6.92 Å². The van der Waals surface area contributed by atoms with Crippen molar-refractivity contribution in [2.75, 3.05) is 31.1 Å². The number of hydrogen-bond donors (Lipinski definition) is 0. The monoisotopic (exact) mass is 453 g/mol. The summed E-state index contributed by atoms with van der Waals surface area (Å²) < 4.78 is 0. The molecule has 1 aromatic rings. The SMILES string of the molecule is CC(=O)N1CCCCCCCCN(C(=O)C2CN(C(=O)C3CCCC3)C2)Cc2ccccc21. The standard InChI is InChI=1S/C27H39N3O3/c1-21(31)30-17-11-5-3-2-4-10-16-28(18-23-14-8-9-15-25(23)30)27(33)24-19-29(20-24)26(32)22-12-6-7-13-22/h8-9,14-15,22,24H,2-7,10-13,16-20H2,1H3. The first-order chi connectivity index (χ1) is 16.0. The van der Waals surface area contributed by atoms with Crippen molar-refractivity contribution in [3.63, 3.8) is 0 Å². The van der Waals surface area contributed by atoms with E-state index >= 15 is 0 Å². The number of para-hydroxylation sites is 1. The summed E-state index contributed by atoms with van der Waals surface area (Å²) in [6, 6.07) is 8.01. The lowest BCUT2D eigenvalue weighted by molar-refractivity contribution is -0.151. The molecule has 180 valence electrons. The van der Waals surface area contributed by atoms with E-state index in [0.717, 1.165) is 75.7 Å². The molecule has 0 unspecified atom stereocenters.